The van der Waals surface area contributed by atoms with E-state index in [0.29, 0.717) is 12.2 Å². The Morgan fingerprint density at radius 3 is 2.55 bits per heavy atom. The Bertz CT molecular complexity index is 196. The molecule has 0 aromatic heterocycles. The normalized spacial score (nSPS) is 12.9. The number of hydrogen-bond acceptors (Lipinski definition) is 1. The zero-order valence-electron chi connectivity index (χ0n) is 6.49. The van der Waals surface area contributed by atoms with Gasteiger partial charge in [0.05, 0.1) is 0 Å². The predicted octanol–water partition coefficient (Wildman–Crippen LogP) is 2.15. The second kappa shape index (κ2) is 4.11. The fourth-order valence-corrected chi connectivity index (χ4v) is 0.858. The van der Waals surface area contributed by atoms with Crippen LogP contribution in [0.2, 0.25) is 0 Å². The molecule has 0 bridgehead atoms. The summed E-state index contributed by atoms with van der Waals surface area (Å²) in [6, 6.07) is 9.08. The van der Waals surface area contributed by atoms with Crippen LogP contribution in [0.5, 0.6) is 0 Å². The lowest BCUT2D eigenvalue weighted by Crippen LogP contribution is -2.00. The summed E-state index contributed by atoms with van der Waals surface area (Å²) < 4.78 is 4.87. The molecule has 0 amide bonds. The van der Waals surface area contributed by atoms with Crippen molar-refractivity contribution in [1.29, 1.82) is 0 Å². The second-order valence-electron chi connectivity index (χ2n) is 2.20. The molecule has 0 saturated carbocycles. The van der Waals surface area contributed by atoms with Crippen molar-refractivity contribution in [1.82, 2.24) is 0 Å². The van der Waals surface area contributed by atoms with Gasteiger partial charge in [0.15, 0.2) is 0 Å². The molecule has 1 radical (unpaired) electrons. The van der Waals surface area contributed by atoms with Crippen LogP contribution >= 0.6 is 0 Å². The summed E-state index contributed by atoms with van der Waals surface area (Å²) >= 11 is 0. The molecule has 0 aliphatic rings. The van der Waals surface area contributed by atoms with Crippen LogP contribution in [0.15, 0.2) is 30.3 Å². The average molecular weight is 151 g/mol. The fraction of sp³-hybridized carbons (Fsp3) is 0.333. The number of rotatable bonds is 3. The first kappa shape index (κ1) is 8.24. The van der Waals surface area contributed by atoms with Gasteiger partial charge in [0.25, 0.3) is 0 Å². The van der Waals surface area contributed by atoms with E-state index in [-0.39, 0.29) is 0 Å². The van der Waals surface area contributed by atoms with E-state index in [0.717, 1.165) is 0 Å². The summed E-state index contributed by atoms with van der Waals surface area (Å²) in [5, 5.41) is 11.1. The maximum Gasteiger partial charge on any atom is 0.217 e. The summed E-state index contributed by atoms with van der Waals surface area (Å²) in [4.78, 5) is 0. The van der Waals surface area contributed by atoms with Crippen molar-refractivity contribution in [3.63, 3.8) is 0 Å². The first-order valence-corrected chi connectivity index (χ1v) is 3.67. The van der Waals surface area contributed by atoms with E-state index in [9.17, 15) is 5.11 Å². The largest absolute Gasteiger partial charge is 0.346 e. The lowest BCUT2D eigenvalue weighted by Gasteiger charge is -2.06. The van der Waals surface area contributed by atoms with Gasteiger partial charge in [-0.05, 0) is 6.92 Å². The Morgan fingerprint density at radius 1 is 1.36 bits per heavy atom. The average Bonchev–Trinajstić information content (AvgIpc) is 2.07. The van der Waals surface area contributed by atoms with E-state index < -0.39 is 6.29 Å². The molecule has 0 spiro atoms. The van der Waals surface area contributed by atoms with Crippen LogP contribution in [0.3, 0.4) is 0 Å². The molecular formula is C9H11O2. The molecule has 1 unspecified atom stereocenters. The molecule has 1 aromatic rings. The number of ether oxygens (including phenoxy) is 1. The van der Waals surface area contributed by atoms with Crippen molar-refractivity contribution >= 4 is 0 Å². The van der Waals surface area contributed by atoms with E-state index in [1.807, 2.05) is 25.1 Å². The minimum atomic E-state index is -1.03. The van der Waals surface area contributed by atoms with Gasteiger partial charge in [-0.15, -0.1) is 0 Å². The van der Waals surface area contributed by atoms with Gasteiger partial charge in [-0.3, -0.25) is 0 Å². The Balaban J connectivity index is 2.61. The lowest BCUT2D eigenvalue weighted by atomic mass is 10.2. The second-order valence-corrected chi connectivity index (χ2v) is 2.20. The van der Waals surface area contributed by atoms with Crippen molar-refractivity contribution < 1.29 is 9.84 Å². The highest BCUT2D eigenvalue weighted by Gasteiger charge is 2.05. The molecule has 2 heteroatoms. The first-order chi connectivity index (χ1) is 5.34. The van der Waals surface area contributed by atoms with Crippen LogP contribution in [0.1, 0.15) is 18.8 Å². The van der Waals surface area contributed by atoms with Crippen molar-refractivity contribution in [3.05, 3.63) is 35.9 Å². The van der Waals surface area contributed by atoms with Crippen molar-refractivity contribution in [3.8, 4) is 0 Å². The highest BCUT2D eigenvalue weighted by atomic mass is 16.6. The van der Waals surface area contributed by atoms with Gasteiger partial charge in [0.1, 0.15) is 0 Å². The molecule has 1 aromatic carbocycles. The van der Waals surface area contributed by atoms with Crippen LogP contribution in [0, 0.1) is 0 Å². The summed E-state index contributed by atoms with van der Waals surface area (Å²) in [6.07, 6.45) is -1.03. The fourth-order valence-electron chi connectivity index (χ4n) is 0.858. The Kier molecular flexibility index (Phi) is 3.08. The van der Waals surface area contributed by atoms with Gasteiger partial charge in [0.2, 0.25) is 6.29 Å². The Morgan fingerprint density at radius 2 is 2.00 bits per heavy atom. The van der Waals surface area contributed by atoms with Crippen molar-refractivity contribution in [2.45, 2.75) is 13.2 Å². The molecule has 0 heterocycles. The zero-order valence-corrected chi connectivity index (χ0v) is 6.49. The van der Waals surface area contributed by atoms with Crippen LogP contribution in [-0.2, 0) is 9.84 Å². The standard InChI is InChI=1S/C9H11O2/c1-2-11-9(10)8-6-4-3-5-7-8/h3-7,9H,2H2,1H3. The van der Waals surface area contributed by atoms with Gasteiger partial charge >= 0.3 is 0 Å². The quantitative estimate of drug-likeness (QED) is 0.608. The SMILES string of the molecule is CCOC([O])c1ccccc1. The number of benzene rings is 1. The molecule has 1 rings (SSSR count). The van der Waals surface area contributed by atoms with Gasteiger partial charge < -0.3 is 4.74 Å². The van der Waals surface area contributed by atoms with Crippen LogP contribution in [-0.4, -0.2) is 6.61 Å². The Labute approximate surface area is 66.4 Å². The molecule has 0 N–H and O–H groups in total. The minimum Gasteiger partial charge on any atom is -0.346 e. The third-order valence-electron chi connectivity index (χ3n) is 1.39. The molecule has 0 saturated heterocycles. The van der Waals surface area contributed by atoms with E-state index >= 15 is 0 Å². The number of hydrogen-bond donors (Lipinski definition) is 0. The summed E-state index contributed by atoms with van der Waals surface area (Å²) in [5.41, 5.74) is 0.689. The Hall–Kier alpha value is -0.860. The maximum absolute atomic E-state index is 11.1. The molecule has 0 aliphatic carbocycles. The molecule has 0 fully saturated rings. The lowest BCUT2D eigenvalue weighted by molar-refractivity contribution is -0.140. The van der Waals surface area contributed by atoms with Crippen LogP contribution in [0.25, 0.3) is 0 Å². The first-order valence-electron chi connectivity index (χ1n) is 3.67. The minimum absolute atomic E-state index is 0.461. The van der Waals surface area contributed by atoms with Gasteiger partial charge in [-0.25, -0.2) is 0 Å². The molecule has 11 heavy (non-hydrogen) atoms. The third kappa shape index (κ3) is 2.33. The summed E-state index contributed by atoms with van der Waals surface area (Å²) in [5.74, 6) is 0. The van der Waals surface area contributed by atoms with E-state index in [2.05, 4.69) is 0 Å². The summed E-state index contributed by atoms with van der Waals surface area (Å²) in [6.45, 7) is 2.27. The maximum atomic E-state index is 11.1. The van der Waals surface area contributed by atoms with Gasteiger partial charge in [-0.2, -0.15) is 5.11 Å². The predicted molar refractivity (Wildman–Crippen MR) is 41.5 cm³/mol. The van der Waals surface area contributed by atoms with Gasteiger partial charge in [0, 0.05) is 12.2 Å². The molecular weight excluding hydrogens is 140 g/mol. The van der Waals surface area contributed by atoms with Crippen molar-refractivity contribution in [2.24, 2.45) is 0 Å². The van der Waals surface area contributed by atoms with E-state index in [1.165, 1.54) is 0 Å². The van der Waals surface area contributed by atoms with Crippen molar-refractivity contribution in [2.75, 3.05) is 6.61 Å². The highest BCUT2D eigenvalue weighted by Crippen LogP contribution is 2.13. The van der Waals surface area contributed by atoms with Crippen LogP contribution in [0.4, 0.5) is 0 Å². The van der Waals surface area contributed by atoms with Crippen LogP contribution < -0.4 is 0 Å². The third-order valence-corrected chi connectivity index (χ3v) is 1.39. The molecule has 0 aliphatic heterocycles. The summed E-state index contributed by atoms with van der Waals surface area (Å²) in [7, 11) is 0. The van der Waals surface area contributed by atoms with Gasteiger partial charge in [-0.1, -0.05) is 30.3 Å². The van der Waals surface area contributed by atoms with E-state index in [1.54, 1.807) is 12.1 Å². The highest BCUT2D eigenvalue weighted by molar-refractivity contribution is 5.15. The smallest absolute Gasteiger partial charge is 0.217 e. The van der Waals surface area contributed by atoms with E-state index in [4.69, 9.17) is 4.74 Å². The zero-order chi connectivity index (χ0) is 8.10. The molecule has 59 valence electrons. The topological polar surface area (TPSA) is 29.1 Å². The monoisotopic (exact) mass is 151 g/mol. The molecule has 2 nitrogen and oxygen atoms in total. The molecule has 1 atom stereocenters.